The molecular weight excluding hydrogens is 311 g/mol. The van der Waals surface area contributed by atoms with Gasteiger partial charge in [0.15, 0.2) is 6.61 Å². The van der Waals surface area contributed by atoms with Gasteiger partial charge in [-0.3, -0.25) is 20.4 Å². The van der Waals surface area contributed by atoms with E-state index in [9.17, 15) is 14.0 Å². The smallest absolute Gasteiger partial charge is 0.276 e. The number of benzene rings is 2. The molecule has 5 nitrogen and oxygen atoms in total. The molecule has 0 spiro atoms. The summed E-state index contributed by atoms with van der Waals surface area (Å²) in [7, 11) is 0. The molecule has 24 heavy (non-hydrogen) atoms. The first-order valence-corrected chi connectivity index (χ1v) is 7.46. The zero-order chi connectivity index (χ0) is 17.5. The SMILES string of the molecule is Cc1cc(C)cc(OCC(=O)NNC(=O)Cc2ccccc2F)c1. The molecule has 0 saturated carbocycles. The van der Waals surface area contributed by atoms with E-state index >= 15 is 0 Å². The summed E-state index contributed by atoms with van der Waals surface area (Å²) in [6.07, 6.45) is -0.162. The molecule has 126 valence electrons. The molecule has 2 amide bonds. The van der Waals surface area contributed by atoms with Crippen LogP contribution in [0.5, 0.6) is 5.75 Å². The van der Waals surface area contributed by atoms with Gasteiger partial charge in [-0.1, -0.05) is 24.3 Å². The lowest BCUT2D eigenvalue weighted by atomic mass is 10.1. The highest BCUT2D eigenvalue weighted by Gasteiger charge is 2.09. The second kappa shape index (κ2) is 8.10. The molecule has 0 aliphatic carbocycles. The predicted molar refractivity (Wildman–Crippen MR) is 87.8 cm³/mol. The van der Waals surface area contributed by atoms with Gasteiger partial charge in [0.25, 0.3) is 5.91 Å². The summed E-state index contributed by atoms with van der Waals surface area (Å²) in [5.74, 6) is -0.895. The van der Waals surface area contributed by atoms with Gasteiger partial charge < -0.3 is 4.74 Å². The first kappa shape index (κ1) is 17.5. The fourth-order valence-corrected chi connectivity index (χ4v) is 2.20. The van der Waals surface area contributed by atoms with Crippen molar-refractivity contribution in [2.24, 2.45) is 0 Å². The summed E-state index contributed by atoms with van der Waals surface area (Å²) in [6.45, 7) is 3.63. The van der Waals surface area contributed by atoms with Crippen LogP contribution in [0.4, 0.5) is 4.39 Å². The third-order valence-electron chi connectivity index (χ3n) is 3.22. The van der Waals surface area contributed by atoms with E-state index in [1.54, 1.807) is 12.1 Å². The molecule has 0 aromatic heterocycles. The fourth-order valence-electron chi connectivity index (χ4n) is 2.20. The Balaban J connectivity index is 1.76. The Bertz CT molecular complexity index is 727. The number of aryl methyl sites for hydroxylation is 2. The molecule has 0 bridgehead atoms. The van der Waals surface area contributed by atoms with Crippen LogP contribution >= 0.6 is 0 Å². The highest BCUT2D eigenvalue weighted by Crippen LogP contribution is 2.15. The number of amides is 2. The van der Waals surface area contributed by atoms with Gasteiger partial charge in [0.1, 0.15) is 11.6 Å². The van der Waals surface area contributed by atoms with Gasteiger partial charge in [0.2, 0.25) is 5.91 Å². The first-order valence-electron chi connectivity index (χ1n) is 7.46. The number of carbonyl (C=O) groups excluding carboxylic acids is 2. The number of nitrogens with one attached hydrogen (secondary N) is 2. The van der Waals surface area contributed by atoms with Gasteiger partial charge in [-0.15, -0.1) is 0 Å². The average molecular weight is 330 g/mol. The van der Waals surface area contributed by atoms with Crippen LogP contribution in [0.2, 0.25) is 0 Å². The predicted octanol–water partition coefficient (Wildman–Crippen LogP) is 2.21. The highest BCUT2D eigenvalue weighted by atomic mass is 19.1. The number of ether oxygens (including phenoxy) is 1. The van der Waals surface area contributed by atoms with Crippen LogP contribution in [-0.2, 0) is 16.0 Å². The molecule has 0 heterocycles. The third-order valence-corrected chi connectivity index (χ3v) is 3.22. The van der Waals surface area contributed by atoms with Crippen LogP contribution < -0.4 is 15.6 Å². The molecule has 2 rings (SSSR count). The molecule has 0 radical (unpaired) electrons. The minimum atomic E-state index is -0.514. The van der Waals surface area contributed by atoms with E-state index in [0.29, 0.717) is 5.75 Å². The third kappa shape index (κ3) is 5.39. The number of halogens is 1. The van der Waals surface area contributed by atoms with E-state index in [2.05, 4.69) is 10.9 Å². The van der Waals surface area contributed by atoms with Crippen LogP contribution in [0, 0.1) is 19.7 Å². The molecule has 6 heteroatoms. The van der Waals surface area contributed by atoms with Crippen molar-refractivity contribution in [2.75, 3.05) is 6.61 Å². The maximum Gasteiger partial charge on any atom is 0.276 e. The van der Waals surface area contributed by atoms with Crippen LogP contribution in [0.3, 0.4) is 0 Å². The summed E-state index contributed by atoms with van der Waals surface area (Å²) < 4.78 is 18.8. The average Bonchev–Trinajstić information content (AvgIpc) is 2.52. The van der Waals surface area contributed by atoms with Crippen molar-refractivity contribution < 1.29 is 18.7 Å². The molecule has 2 aromatic carbocycles. The van der Waals surface area contributed by atoms with Crippen LogP contribution in [-0.4, -0.2) is 18.4 Å². The zero-order valence-corrected chi connectivity index (χ0v) is 13.6. The van der Waals surface area contributed by atoms with Gasteiger partial charge in [-0.25, -0.2) is 4.39 Å². The molecule has 2 aromatic rings. The van der Waals surface area contributed by atoms with E-state index in [0.717, 1.165) is 11.1 Å². The van der Waals surface area contributed by atoms with Crippen molar-refractivity contribution in [3.63, 3.8) is 0 Å². The number of hydrogen-bond donors (Lipinski definition) is 2. The minimum absolute atomic E-state index is 0.162. The first-order chi connectivity index (χ1) is 11.4. The zero-order valence-electron chi connectivity index (χ0n) is 13.6. The normalized spacial score (nSPS) is 10.1. The Labute approximate surface area is 139 Å². The maximum atomic E-state index is 13.4. The quantitative estimate of drug-likeness (QED) is 0.826. The Morgan fingerprint density at radius 1 is 1.00 bits per heavy atom. The van der Waals surface area contributed by atoms with Gasteiger partial charge in [0, 0.05) is 0 Å². The monoisotopic (exact) mass is 330 g/mol. The van der Waals surface area contributed by atoms with Crippen molar-refractivity contribution in [2.45, 2.75) is 20.3 Å². The van der Waals surface area contributed by atoms with Crippen LogP contribution in [0.1, 0.15) is 16.7 Å². The Hall–Kier alpha value is -2.89. The second-order valence-electron chi connectivity index (χ2n) is 5.48. The van der Waals surface area contributed by atoms with E-state index < -0.39 is 17.6 Å². The van der Waals surface area contributed by atoms with Gasteiger partial charge in [-0.2, -0.15) is 0 Å². The number of hydrogen-bond acceptors (Lipinski definition) is 3. The lowest BCUT2D eigenvalue weighted by Gasteiger charge is -2.10. The Kier molecular flexibility index (Phi) is 5.89. The van der Waals surface area contributed by atoms with E-state index in [1.165, 1.54) is 12.1 Å². The Morgan fingerprint density at radius 2 is 1.62 bits per heavy atom. The van der Waals surface area contributed by atoms with Gasteiger partial charge >= 0.3 is 0 Å². The largest absolute Gasteiger partial charge is 0.484 e. The number of rotatable bonds is 5. The van der Waals surface area contributed by atoms with Gasteiger partial charge in [0.05, 0.1) is 6.42 Å². The van der Waals surface area contributed by atoms with Crippen molar-refractivity contribution in [3.05, 3.63) is 65.0 Å². The molecular formula is C18H19FN2O3. The summed E-state index contributed by atoms with van der Waals surface area (Å²) in [5, 5.41) is 0. The molecule has 0 aliphatic heterocycles. The van der Waals surface area contributed by atoms with E-state index in [4.69, 9.17) is 4.74 Å². The fraction of sp³-hybridized carbons (Fsp3) is 0.222. The molecule has 0 atom stereocenters. The molecule has 0 fully saturated rings. The lowest BCUT2D eigenvalue weighted by Crippen LogP contribution is -2.44. The molecule has 0 aliphatic rings. The summed E-state index contributed by atoms with van der Waals surface area (Å²) in [4.78, 5) is 23.4. The standard InChI is InChI=1S/C18H19FN2O3/c1-12-7-13(2)9-15(8-12)24-11-18(23)21-20-17(22)10-14-5-3-4-6-16(14)19/h3-9H,10-11H2,1-2H3,(H,20,22)(H,21,23). The number of hydrazine groups is 1. The van der Waals surface area contributed by atoms with Crippen molar-refractivity contribution in [1.29, 1.82) is 0 Å². The molecule has 2 N–H and O–H groups in total. The van der Waals surface area contributed by atoms with Crippen molar-refractivity contribution in [1.82, 2.24) is 10.9 Å². The van der Waals surface area contributed by atoms with E-state index in [-0.39, 0.29) is 18.6 Å². The second-order valence-corrected chi connectivity index (χ2v) is 5.48. The lowest BCUT2D eigenvalue weighted by molar-refractivity contribution is -0.129. The summed E-state index contributed by atoms with van der Waals surface area (Å²) >= 11 is 0. The van der Waals surface area contributed by atoms with E-state index in [1.807, 2.05) is 32.0 Å². The van der Waals surface area contributed by atoms with Crippen LogP contribution in [0.15, 0.2) is 42.5 Å². The van der Waals surface area contributed by atoms with Gasteiger partial charge in [-0.05, 0) is 48.7 Å². The minimum Gasteiger partial charge on any atom is -0.484 e. The van der Waals surface area contributed by atoms with Crippen molar-refractivity contribution in [3.8, 4) is 5.75 Å². The number of carbonyl (C=O) groups is 2. The topological polar surface area (TPSA) is 67.4 Å². The highest BCUT2D eigenvalue weighted by molar-refractivity contribution is 5.83. The summed E-state index contributed by atoms with van der Waals surface area (Å²) in [5.41, 5.74) is 6.79. The summed E-state index contributed by atoms with van der Waals surface area (Å²) in [6, 6.07) is 11.6. The molecule has 0 unspecified atom stereocenters. The van der Waals surface area contributed by atoms with Crippen molar-refractivity contribution >= 4 is 11.8 Å². The van der Waals surface area contributed by atoms with Crippen LogP contribution in [0.25, 0.3) is 0 Å². The molecule has 0 saturated heterocycles. The maximum absolute atomic E-state index is 13.4. The Morgan fingerprint density at radius 3 is 2.29 bits per heavy atom.